The topological polar surface area (TPSA) is 28.4 Å². The maximum absolute atomic E-state index is 6.74. The molecule has 310 valence electrons. The number of hydrogen-bond acceptors (Lipinski definition) is 3. The Morgan fingerprint density at radius 1 is 0.492 bits per heavy atom. The molecule has 3 heterocycles. The van der Waals surface area contributed by atoms with Gasteiger partial charge in [0.25, 0.3) is 0 Å². The van der Waals surface area contributed by atoms with Crippen LogP contribution in [0.4, 0.5) is 28.4 Å². The van der Waals surface area contributed by atoms with Crippen LogP contribution in [-0.4, -0.2) is 7.28 Å². The molecule has 2 aliphatic heterocycles. The van der Waals surface area contributed by atoms with Gasteiger partial charge >= 0.3 is 0 Å². The highest BCUT2D eigenvalue weighted by Gasteiger charge is 2.53. The number of hydrogen-bond donors (Lipinski definition) is 1. The Morgan fingerprint density at radius 3 is 1.95 bits per heavy atom. The second kappa shape index (κ2) is 12.9. The second-order valence-electron chi connectivity index (χ2n) is 20.3. The molecule has 0 fully saturated rings. The molecule has 9 aromatic carbocycles. The summed E-state index contributed by atoms with van der Waals surface area (Å²) in [5, 5.41) is 8.77. The van der Waals surface area contributed by atoms with Crippen LogP contribution in [-0.2, 0) is 16.2 Å². The van der Waals surface area contributed by atoms with Crippen molar-refractivity contribution < 1.29 is 4.42 Å². The van der Waals surface area contributed by atoms with Crippen molar-refractivity contribution in [1.82, 2.24) is 0 Å². The van der Waals surface area contributed by atoms with Gasteiger partial charge in [-0.1, -0.05) is 167 Å². The average Bonchev–Trinajstić information content (AvgIpc) is 3.84. The molecule has 2 aliphatic carbocycles. The van der Waals surface area contributed by atoms with E-state index in [0.29, 0.717) is 0 Å². The predicted molar refractivity (Wildman–Crippen MR) is 274 cm³/mol. The van der Waals surface area contributed by atoms with E-state index in [1.165, 1.54) is 102 Å². The van der Waals surface area contributed by atoms with Crippen molar-refractivity contribution in [3.63, 3.8) is 0 Å². The van der Waals surface area contributed by atoms with Gasteiger partial charge < -0.3 is 14.6 Å². The van der Waals surface area contributed by atoms with Gasteiger partial charge in [0.2, 0.25) is 0 Å². The standard InChI is InChI=1S/C61H47BN2O/c1-59(2)30-31-60(3,4)49-33-37(28-29-46(49)59)63-51-34-42-41-20-9-14-27-54(41)65-55(42)35-43(51)56-38-17-6-5-16-36(38)32-53-57(56)62-50-25-15-24-48-58(50)64(53)52-26-13-12-23-47(52)61(48)44-21-10-7-18-39(44)40-19-8-11-22-45(40)61/h5-29,32-35,62-63H,30-31H2,1-4H3. The van der Waals surface area contributed by atoms with E-state index in [-0.39, 0.29) is 10.8 Å². The zero-order valence-corrected chi connectivity index (χ0v) is 37.2. The zero-order valence-electron chi connectivity index (χ0n) is 37.2. The first kappa shape index (κ1) is 37.1. The number of fused-ring (bicyclic) bond motifs is 16. The Morgan fingerprint density at radius 2 is 1.15 bits per heavy atom. The van der Waals surface area contributed by atoms with Crippen LogP contribution in [0.1, 0.15) is 73.9 Å². The zero-order chi connectivity index (χ0) is 43.4. The summed E-state index contributed by atoms with van der Waals surface area (Å²) >= 11 is 0. The van der Waals surface area contributed by atoms with Crippen LogP contribution in [0, 0.1) is 0 Å². The van der Waals surface area contributed by atoms with E-state index in [1.54, 1.807) is 0 Å². The van der Waals surface area contributed by atoms with Crippen LogP contribution in [0.25, 0.3) is 55.0 Å². The fourth-order valence-electron chi connectivity index (χ4n) is 12.8. The van der Waals surface area contributed by atoms with Crippen molar-refractivity contribution >= 4 is 79.4 Å². The maximum atomic E-state index is 6.74. The molecular weight excluding hydrogens is 787 g/mol. The third kappa shape index (κ3) is 4.92. The molecule has 3 nitrogen and oxygen atoms in total. The fraction of sp³-hybridized carbons (Fsp3) is 0.148. The number of furan rings is 1. The summed E-state index contributed by atoms with van der Waals surface area (Å²) < 4.78 is 6.74. The Labute approximate surface area is 380 Å². The van der Waals surface area contributed by atoms with Crippen molar-refractivity contribution in [2.75, 3.05) is 10.2 Å². The molecule has 0 amide bonds. The molecule has 1 N–H and O–H groups in total. The summed E-state index contributed by atoms with van der Waals surface area (Å²) in [6.45, 7) is 9.63. The van der Waals surface area contributed by atoms with Crippen molar-refractivity contribution in [2.45, 2.75) is 56.8 Å². The van der Waals surface area contributed by atoms with Gasteiger partial charge in [0.1, 0.15) is 11.2 Å². The maximum Gasteiger partial charge on any atom is 0.198 e. The van der Waals surface area contributed by atoms with Crippen LogP contribution < -0.4 is 21.1 Å². The summed E-state index contributed by atoms with van der Waals surface area (Å²) in [5.74, 6) is 0. The Balaban J connectivity index is 1.04. The van der Waals surface area contributed by atoms with Crippen LogP contribution in [0.2, 0.25) is 0 Å². The normalized spacial score (nSPS) is 16.3. The monoisotopic (exact) mass is 834 g/mol. The molecule has 1 aromatic heterocycles. The molecule has 0 atom stereocenters. The smallest absolute Gasteiger partial charge is 0.198 e. The van der Waals surface area contributed by atoms with Gasteiger partial charge in [-0.15, -0.1) is 0 Å². The van der Waals surface area contributed by atoms with Crippen molar-refractivity contribution in [3.05, 3.63) is 209 Å². The SMILES string of the molecule is CC1(C)CCC(C)(C)c2cc(Nc3cc4c(cc3-c3c5c(cc6ccccc36)N3c6ccccc6C6(c7ccccc7-c7ccccc76)c6cccc(c63)B5)oc3ccccc34)ccc21. The molecule has 0 saturated carbocycles. The lowest BCUT2D eigenvalue weighted by molar-refractivity contribution is 0.332. The van der Waals surface area contributed by atoms with Gasteiger partial charge in [-0.2, -0.15) is 0 Å². The largest absolute Gasteiger partial charge is 0.456 e. The lowest BCUT2D eigenvalue weighted by atomic mass is 9.54. The molecular formula is C61H47BN2O. The number of nitrogens with zero attached hydrogens (tertiary/aromatic N) is 1. The third-order valence-corrected chi connectivity index (χ3v) is 15.9. The summed E-state index contributed by atoms with van der Waals surface area (Å²) in [6.07, 6.45) is 2.35. The van der Waals surface area contributed by atoms with Gasteiger partial charge in [0.05, 0.1) is 11.1 Å². The number of rotatable bonds is 3. The second-order valence-corrected chi connectivity index (χ2v) is 20.3. The molecule has 0 saturated heterocycles. The molecule has 0 bridgehead atoms. The Bertz CT molecular complexity index is 3660. The van der Waals surface area contributed by atoms with E-state index in [1.807, 2.05) is 0 Å². The fourth-order valence-corrected chi connectivity index (χ4v) is 12.8. The first-order chi connectivity index (χ1) is 31.7. The van der Waals surface area contributed by atoms with Gasteiger partial charge in [-0.05, 0) is 132 Å². The summed E-state index contributed by atoms with van der Waals surface area (Å²) in [6, 6.07) is 66.2. The minimum Gasteiger partial charge on any atom is -0.456 e. The molecule has 4 heteroatoms. The van der Waals surface area contributed by atoms with Gasteiger partial charge in [-0.3, -0.25) is 0 Å². The highest BCUT2D eigenvalue weighted by molar-refractivity contribution is 6.74. The van der Waals surface area contributed by atoms with Gasteiger partial charge in [0, 0.05) is 39.1 Å². The van der Waals surface area contributed by atoms with Gasteiger partial charge in [0.15, 0.2) is 7.28 Å². The molecule has 0 unspecified atom stereocenters. The van der Waals surface area contributed by atoms with Crippen LogP contribution in [0.5, 0.6) is 0 Å². The van der Waals surface area contributed by atoms with E-state index >= 15 is 0 Å². The van der Waals surface area contributed by atoms with Gasteiger partial charge in [-0.25, -0.2) is 0 Å². The van der Waals surface area contributed by atoms with Crippen molar-refractivity contribution in [1.29, 1.82) is 0 Å². The predicted octanol–water partition coefficient (Wildman–Crippen LogP) is 14.3. The summed E-state index contributed by atoms with van der Waals surface area (Å²) in [4.78, 5) is 2.61. The van der Waals surface area contributed by atoms with E-state index in [4.69, 9.17) is 4.42 Å². The van der Waals surface area contributed by atoms with Crippen LogP contribution >= 0.6 is 0 Å². The molecule has 65 heavy (non-hydrogen) atoms. The Hall–Kier alpha value is -7.30. The van der Waals surface area contributed by atoms with Crippen molar-refractivity contribution in [3.8, 4) is 22.3 Å². The first-order valence-electron chi connectivity index (χ1n) is 23.3. The van der Waals surface area contributed by atoms with Crippen LogP contribution in [0.15, 0.2) is 180 Å². The number of anilines is 5. The first-order valence-corrected chi connectivity index (χ1v) is 23.3. The third-order valence-electron chi connectivity index (χ3n) is 15.9. The minimum absolute atomic E-state index is 0.0863. The van der Waals surface area contributed by atoms with Crippen LogP contribution in [0.3, 0.4) is 0 Å². The molecule has 1 spiro atoms. The van der Waals surface area contributed by atoms with E-state index in [9.17, 15) is 0 Å². The lowest BCUT2D eigenvalue weighted by Crippen LogP contribution is -2.47. The quantitative estimate of drug-likeness (QED) is 0.180. The van der Waals surface area contributed by atoms with E-state index < -0.39 is 5.41 Å². The number of nitrogens with one attached hydrogen (secondary N) is 1. The molecule has 10 aromatic rings. The number of benzene rings is 9. The number of para-hydroxylation sites is 3. The highest BCUT2D eigenvalue weighted by Crippen LogP contribution is 2.63. The molecule has 0 radical (unpaired) electrons. The average molecular weight is 835 g/mol. The molecule has 14 rings (SSSR count). The minimum atomic E-state index is -0.453. The van der Waals surface area contributed by atoms with Crippen molar-refractivity contribution in [2.24, 2.45) is 0 Å². The lowest BCUT2D eigenvalue weighted by Gasteiger charge is -2.48. The van der Waals surface area contributed by atoms with E-state index in [2.05, 4.69) is 214 Å². The Kier molecular flexibility index (Phi) is 7.38. The van der Waals surface area contributed by atoms with E-state index in [0.717, 1.165) is 46.2 Å². The highest BCUT2D eigenvalue weighted by atomic mass is 16.3. The summed E-state index contributed by atoms with van der Waals surface area (Å²) in [7, 11) is 0.788. The summed E-state index contributed by atoms with van der Waals surface area (Å²) in [5.41, 5.74) is 23.5. The molecule has 4 aliphatic rings.